The van der Waals surface area contributed by atoms with Crippen LogP contribution < -0.4 is 10.1 Å². The third-order valence-corrected chi connectivity index (χ3v) is 5.19. The molecule has 0 aliphatic rings. The molecule has 0 aliphatic carbocycles. The minimum absolute atomic E-state index is 0.112. The highest BCUT2D eigenvalue weighted by atomic mass is 19.1. The highest BCUT2D eigenvalue weighted by molar-refractivity contribution is 5.95. The zero-order valence-electron chi connectivity index (χ0n) is 18.5. The van der Waals surface area contributed by atoms with Gasteiger partial charge in [-0.15, -0.1) is 0 Å². The van der Waals surface area contributed by atoms with Crippen molar-refractivity contribution in [2.24, 2.45) is 0 Å². The molecule has 4 rings (SSSR count). The molecule has 0 spiro atoms. The van der Waals surface area contributed by atoms with Gasteiger partial charge in [-0.1, -0.05) is 24.3 Å². The van der Waals surface area contributed by atoms with E-state index in [0.29, 0.717) is 23.4 Å². The topological polar surface area (TPSA) is 68.5 Å². The van der Waals surface area contributed by atoms with Crippen molar-refractivity contribution < 1.29 is 13.9 Å². The number of hydrogen-bond acceptors (Lipinski definition) is 4. The maximum absolute atomic E-state index is 13.3. The second-order valence-corrected chi connectivity index (χ2v) is 7.95. The third-order valence-electron chi connectivity index (χ3n) is 5.19. The van der Waals surface area contributed by atoms with Crippen molar-refractivity contribution in [3.05, 3.63) is 83.1 Å². The van der Waals surface area contributed by atoms with Crippen molar-refractivity contribution in [2.75, 3.05) is 0 Å². The largest absolute Gasteiger partial charge is 0.491 e. The van der Waals surface area contributed by atoms with E-state index in [9.17, 15) is 9.18 Å². The summed E-state index contributed by atoms with van der Waals surface area (Å²) < 4.78 is 20.6. The summed E-state index contributed by atoms with van der Waals surface area (Å²) in [5, 5.41) is 7.51. The molecule has 164 valence electrons. The van der Waals surface area contributed by atoms with Crippen LogP contribution in [0, 0.1) is 19.7 Å². The smallest absolute Gasteiger partial charge is 0.254 e. The molecule has 4 aromatic rings. The number of carbonyl (C=O) groups is 1. The van der Waals surface area contributed by atoms with Crippen LogP contribution in [0.2, 0.25) is 0 Å². The number of nitrogens with one attached hydrogen (secondary N) is 1. The number of ether oxygens (including phenoxy) is 1. The average molecular weight is 432 g/mol. The lowest BCUT2D eigenvalue weighted by molar-refractivity contribution is 0.0949. The second-order valence-electron chi connectivity index (χ2n) is 7.95. The fraction of sp³-hybridized carbons (Fsp3) is 0.240. The zero-order valence-corrected chi connectivity index (χ0v) is 18.5. The van der Waals surface area contributed by atoms with Gasteiger partial charge in [0.25, 0.3) is 5.91 Å². The SMILES string of the molecule is Cc1nn2c(C)c(C(=O)NCc3ccc(OC(C)C)cc3)cnc2c1-c1ccc(F)cc1. The van der Waals surface area contributed by atoms with E-state index in [4.69, 9.17) is 4.74 Å². The van der Waals surface area contributed by atoms with Crippen LogP contribution >= 0.6 is 0 Å². The van der Waals surface area contributed by atoms with E-state index in [-0.39, 0.29) is 17.8 Å². The number of amides is 1. The summed E-state index contributed by atoms with van der Waals surface area (Å²) in [4.78, 5) is 17.3. The molecule has 6 nitrogen and oxygen atoms in total. The van der Waals surface area contributed by atoms with Gasteiger partial charge in [0, 0.05) is 18.3 Å². The second kappa shape index (κ2) is 8.78. The molecule has 0 atom stereocenters. The van der Waals surface area contributed by atoms with Gasteiger partial charge in [0.15, 0.2) is 5.65 Å². The molecular formula is C25H25FN4O2. The lowest BCUT2D eigenvalue weighted by atomic mass is 10.1. The fourth-order valence-corrected chi connectivity index (χ4v) is 3.61. The molecule has 0 saturated carbocycles. The first-order valence-electron chi connectivity index (χ1n) is 10.5. The molecular weight excluding hydrogens is 407 g/mol. The first-order valence-corrected chi connectivity index (χ1v) is 10.5. The molecule has 0 saturated heterocycles. The van der Waals surface area contributed by atoms with Gasteiger partial charge in [0.1, 0.15) is 11.6 Å². The Labute approximate surface area is 186 Å². The number of hydrogen-bond donors (Lipinski definition) is 1. The Bertz CT molecular complexity index is 1260. The maximum atomic E-state index is 13.3. The molecule has 7 heteroatoms. The predicted molar refractivity (Wildman–Crippen MR) is 121 cm³/mol. The van der Waals surface area contributed by atoms with Crippen LogP contribution in [0.1, 0.15) is 41.2 Å². The monoisotopic (exact) mass is 432 g/mol. The number of nitrogens with zero attached hydrogens (tertiary/aromatic N) is 3. The molecule has 1 N–H and O–H groups in total. The molecule has 32 heavy (non-hydrogen) atoms. The number of aromatic nitrogens is 3. The van der Waals surface area contributed by atoms with Crippen molar-refractivity contribution in [1.82, 2.24) is 19.9 Å². The van der Waals surface area contributed by atoms with Crippen LogP contribution in [0.25, 0.3) is 16.8 Å². The molecule has 0 radical (unpaired) electrons. The zero-order chi connectivity index (χ0) is 22.8. The van der Waals surface area contributed by atoms with Crippen LogP contribution in [-0.4, -0.2) is 26.6 Å². The van der Waals surface area contributed by atoms with Gasteiger partial charge in [-0.05, 0) is 63.1 Å². The van der Waals surface area contributed by atoms with Gasteiger partial charge in [0.05, 0.1) is 23.1 Å². The Balaban J connectivity index is 1.55. The Morgan fingerprint density at radius 2 is 1.78 bits per heavy atom. The molecule has 1 amide bonds. The van der Waals surface area contributed by atoms with Crippen LogP contribution in [0.4, 0.5) is 4.39 Å². The highest BCUT2D eigenvalue weighted by Gasteiger charge is 2.18. The quantitative estimate of drug-likeness (QED) is 0.472. The van der Waals surface area contributed by atoms with Gasteiger partial charge in [-0.3, -0.25) is 4.79 Å². The number of benzene rings is 2. The summed E-state index contributed by atoms with van der Waals surface area (Å²) >= 11 is 0. The van der Waals surface area contributed by atoms with Gasteiger partial charge in [-0.2, -0.15) is 5.10 Å². The summed E-state index contributed by atoms with van der Waals surface area (Å²) in [6.07, 6.45) is 1.67. The lowest BCUT2D eigenvalue weighted by Gasteiger charge is -2.11. The average Bonchev–Trinajstić information content (AvgIpc) is 3.10. The summed E-state index contributed by atoms with van der Waals surface area (Å²) in [6, 6.07) is 13.9. The van der Waals surface area contributed by atoms with Crippen molar-refractivity contribution >= 4 is 11.6 Å². The fourth-order valence-electron chi connectivity index (χ4n) is 3.61. The molecule has 0 unspecified atom stereocenters. The number of carbonyl (C=O) groups excluding carboxylic acids is 1. The molecule has 0 fully saturated rings. The number of aryl methyl sites for hydroxylation is 2. The third kappa shape index (κ3) is 4.32. The summed E-state index contributed by atoms with van der Waals surface area (Å²) in [5.41, 5.74) is 5.14. The van der Waals surface area contributed by atoms with Crippen molar-refractivity contribution in [3.63, 3.8) is 0 Å². The number of rotatable bonds is 6. The van der Waals surface area contributed by atoms with Gasteiger partial charge in [0.2, 0.25) is 0 Å². The normalized spacial score (nSPS) is 11.2. The van der Waals surface area contributed by atoms with Gasteiger partial charge in [-0.25, -0.2) is 13.9 Å². The Kier molecular flexibility index (Phi) is 5.90. The lowest BCUT2D eigenvalue weighted by Crippen LogP contribution is -2.24. The van der Waals surface area contributed by atoms with Crippen molar-refractivity contribution in [2.45, 2.75) is 40.3 Å². The van der Waals surface area contributed by atoms with E-state index < -0.39 is 0 Å². The standard InChI is InChI=1S/C25H25FN4O2/c1-15(2)32-21-11-5-18(6-12-21)13-28-25(31)22-14-27-24-23(16(3)29-30(24)17(22)4)19-7-9-20(26)10-8-19/h5-12,14-15H,13H2,1-4H3,(H,28,31). The Morgan fingerprint density at radius 1 is 1.09 bits per heavy atom. The first kappa shape index (κ1) is 21.5. The molecule has 2 aromatic carbocycles. The van der Waals surface area contributed by atoms with Crippen molar-refractivity contribution in [1.29, 1.82) is 0 Å². The molecule has 0 aliphatic heterocycles. The number of fused-ring (bicyclic) bond motifs is 1. The van der Waals surface area contributed by atoms with Gasteiger partial charge >= 0.3 is 0 Å². The Morgan fingerprint density at radius 3 is 2.44 bits per heavy atom. The van der Waals surface area contributed by atoms with Gasteiger partial charge < -0.3 is 10.1 Å². The molecule has 2 heterocycles. The predicted octanol–water partition coefficient (Wildman–Crippen LogP) is 4.87. The van der Waals surface area contributed by atoms with Crippen LogP contribution in [0.3, 0.4) is 0 Å². The van der Waals surface area contributed by atoms with Crippen LogP contribution in [-0.2, 0) is 6.54 Å². The molecule has 2 aromatic heterocycles. The summed E-state index contributed by atoms with van der Waals surface area (Å²) in [6.45, 7) is 8.05. The van der Waals surface area contributed by atoms with Crippen molar-refractivity contribution in [3.8, 4) is 16.9 Å². The minimum atomic E-state index is -0.298. The van der Waals surface area contributed by atoms with E-state index in [1.807, 2.05) is 52.0 Å². The van der Waals surface area contributed by atoms with E-state index in [0.717, 1.165) is 28.1 Å². The minimum Gasteiger partial charge on any atom is -0.491 e. The summed E-state index contributed by atoms with van der Waals surface area (Å²) in [5.74, 6) is 0.274. The van der Waals surface area contributed by atoms with E-state index in [1.165, 1.54) is 12.1 Å². The van der Waals surface area contributed by atoms with E-state index >= 15 is 0 Å². The summed E-state index contributed by atoms with van der Waals surface area (Å²) in [7, 11) is 0. The first-order chi connectivity index (χ1) is 15.3. The Hall–Kier alpha value is -3.74. The highest BCUT2D eigenvalue weighted by Crippen LogP contribution is 2.28. The maximum Gasteiger partial charge on any atom is 0.254 e. The van der Waals surface area contributed by atoms with E-state index in [1.54, 1.807) is 22.8 Å². The number of halogens is 1. The van der Waals surface area contributed by atoms with E-state index in [2.05, 4.69) is 15.4 Å². The molecule has 0 bridgehead atoms. The van der Waals surface area contributed by atoms with Crippen LogP contribution in [0.15, 0.2) is 54.7 Å². The van der Waals surface area contributed by atoms with Crippen LogP contribution in [0.5, 0.6) is 5.75 Å².